The van der Waals surface area contributed by atoms with E-state index in [1.165, 1.54) is 11.5 Å². The van der Waals surface area contributed by atoms with Gasteiger partial charge in [-0.2, -0.15) is 0 Å². The molecular formula is C8H9N3O3S. The van der Waals surface area contributed by atoms with Gasteiger partial charge in [0, 0.05) is 5.38 Å². The van der Waals surface area contributed by atoms with E-state index >= 15 is 0 Å². The average Bonchev–Trinajstić information content (AvgIpc) is 2.63. The molecule has 0 aromatic carbocycles. The third-order valence-electron chi connectivity index (χ3n) is 1.39. The van der Waals surface area contributed by atoms with Crippen LogP contribution in [0.25, 0.3) is 0 Å². The van der Waals surface area contributed by atoms with Crippen molar-refractivity contribution in [3.05, 3.63) is 23.7 Å². The van der Waals surface area contributed by atoms with E-state index in [0.29, 0.717) is 0 Å². The van der Waals surface area contributed by atoms with Crippen LogP contribution < -0.4 is 5.73 Å². The molecule has 1 heterocycles. The number of esters is 1. The lowest BCUT2D eigenvalue weighted by atomic mass is 10.3. The van der Waals surface area contributed by atoms with Crippen molar-refractivity contribution >= 4 is 28.1 Å². The normalized spacial score (nSPS) is 11.1. The standard InChI is InChI=1S/C8H9N3O3S/c1-2-3-14-7(12)6(11-13)5-4-15-8(9)10-5/h2,4,13H,1,3H2,(H2,9,10). The van der Waals surface area contributed by atoms with Gasteiger partial charge in [0.25, 0.3) is 0 Å². The maximum Gasteiger partial charge on any atom is 0.363 e. The molecule has 15 heavy (non-hydrogen) atoms. The summed E-state index contributed by atoms with van der Waals surface area (Å²) in [5.41, 5.74) is 5.29. The maximum atomic E-state index is 11.3. The molecule has 0 bridgehead atoms. The number of aromatic nitrogens is 1. The van der Waals surface area contributed by atoms with Gasteiger partial charge in [-0.3, -0.25) is 0 Å². The number of rotatable bonds is 4. The summed E-state index contributed by atoms with van der Waals surface area (Å²) in [5.74, 6) is -0.775. The van der Waals surface area contributed by atoms with Crippen LogP contribution in [-0.2, 0) is 9.53 Å². The quantitative estimate of drug-likeness (QED) is 0.258. The summed E-state index contributed by atoms with van der Waals surface area (Å²) in [6.07, 6.45) is 1.41. The second-order valence-corrected chi connectivity index (χ2v) is 3.30. The van der Waals surface area contributed by atoms with E-state index in [1.807, 2.05) is 0 Å². The number of carbonyl (C=O) groups is 1. The first-order chi connectivity index (χ1) is 7.19. The Morgan fingerprint density at radius 3 is 3.07 bits per heavy atom. The number of hydrogen-bond acceptors (Lipinski definition) is 7. The van der Waals surface area contributed by atoms with Crippen molar-refractivity contribution in [2.45, 2.75) is 0 Å². The Bertz CT molecular complexity index is 400. The minimum Gasteiger partial charge on any atom is -0.457 e. The molecule has 80 valence electrons. The summed E-state index contributed by atoms with van der Waals surface area (Å²) < 4.78 is 4.68. The van der Waals surface area contributed by atoms with Gasteiger partial charge < -0.3 is 15.7 Å². The molecule has 7 heteroatoms. The molecule has 0 spiro atoms. The van der Waals surface area contributed by atoms with E-state index in [9.17, 15) is 4.79 Å². The predicted molar refractivity (Wildman–Crippen MR) is 56.0 cm³/mol. The molecule has 0 aliphatic heterocycles. The van der Waals surface area contributed by atoms with Crippen molar-refractivity contribution in [2.75, 3.05) is 12.3 Å². The highest BCUT2D eigenvalue weighted by molar-refractivity contribution is 7.13. The Morgan fingerprint density at radius 2 is 2.60 bits per heavy atom. The van der Waals surface area contributed by atoms with Gasteiger partial charge in [0.05, 0.1) is 0 Å². The number of oxime groups is 1. The van der Waals surface area contributed by atoms with Gasteiger partial charge >= 0.3 is 5.97 Å². The first-order valence-corrected chi connectivity index (χ1v) is 4.78. The fourth-order valence-corrected chi connectivity index (χ4v) is 1.34. The first kappa shape index (κ1) is 11.2. The van der Waals surface area contributed by atoms with Crippen molar-refractivity contribution in [1.82, 2.24) is 4.98 Å². The summed E-state index contributed by atoms with van der Waals surface area (Å²) in [6.45, 7) is 3.42. The SMILES string of the molecule is C=CCOC(=O)C(=NO)c1csc(N)n1. The molecule has 0 radical (unpaired) electrons. The Hall–Kier alpha value is -1.89. The van der Waals surface area contributed by atoms with E-state index in [-0.39, 0.29) is 23.1 Å². The third kappa shape index (κ3) is 2.78. The van der Waals surface area contributed by atoms with Crippen LogP contribution in [0.2, 0.25) is 0 Å². The van der Waals surface area contributed by atoms with Gasteiger partial charge in [-0.25, -0.2) is 9.78 Å². The van der Waals surface area contributed by atoms with Crippen LogP contribution >= 0.6 is 11.3 Å². The molecule has 0 aliphatic rings. The van der Waals surface area contributed by atoms with Crippen LogP contribution in [0.3, 0.4) is 0 Å². The Morgan fingerprint density at radius 1 is 1.87 bits per heavy atom. The zero-order valence-electron chi connectivity index (χ0n) is 7.71. The average molecular weight is 227 g/mol. The molecule has 1 aromatic rings. The fourth-order valence-electron chi connectivity index (χ4n) is 0.796. The largest absolute Gasteiger partial charge is 0.457 e. The molecule has 0 fully saturated rings. The van der Waals surface area contributed by atoms with Crippen LogP contribution in [0, 0.1) is 0 Å². The second-order valence-electron chi connectivity index (χ2n) is 2.41. The second kappa shape index (κ2) is 5.11. The van der Waals surface area contributed by atoms with Crippen LogP contribution in [-0.4, -0.2) is 28.5 Å². The van der Waals surface area contributed by atoms with Gasteiger partial charge in [0.1, 0.15) is 12.3 Å². The van der Waals surface area contributed by atoms with Crippen molar-refractivity contribution in [2.24, 2.45) is 5.16 Å². The van der Waals surface area contributed by atoms with E-state index in [2.05, 4.69) is 21.5 Å². The molecule has 0 saturated heterocycles. The summed E-state index contributed by atoms with van der Waals surface area (Å²) in [5, 5.41) is 13.2. The number of nitrogen functional groups attached to an aromatic ring is 1. The van der Waals surface area contributed by atoms with Crippen molar-refractivity contribution in [3.63, 3.8) is 0 Å². The van der Waals surface area contributed by atoms with Crippen LogP contribution in [0.1, 0.15) is 5.69 Å². The van der Waals surface area contributed by atoms with Crippen LogP contribution in [0.4, 0.5) is 5.13 Å². The van der Waals surface area contributed by atoms with Gasteiger partial charge in [0.15, 0.2) is 5.13 Å². The Balaban J connectivity index is 2.81. The van der Waals surface area contributed by atoms with Crippen molar-refractivity contribution in [1.29, 1.82) is 0 Å². The number of nitrogens with zero attached hydrogens (tertiary/aromatic N) is 2. The summed E-state index contributed by atoms with van der Waals surface area (Å²) in [7, 11) is 0. The maximum absolute atomic E-state index is 11.3. The first-order valence-electron chi connectivity index (χ1n) is 3.90. The van der Waals surface area contributed by atoms with Gasteiger partial charge in [-0.05, 0) is 0 Å². The highest BCUT2D eigenvalue weighted by Gasteiger charge is 2.18. The van der Waals surface area contributed by atoms with Gasteiger partial charge in [-0.15, -0.1) is 11.3 Å². The third-order valence-corrected chi connectivity index (χ3v) is 2.06. The molecular weight excluding hydrogens is 218 g/mol. The zero-order chi connectivity index (χ0) is 11.3. The van der Waals surface area contributed by atoms with Gasteiger partial charge in [0.2, 0.25) is 5.71 Å². The molecule has 1 rings (SSSR count). The van der Waals surface area contributed by atoms with Crippen LogP contribution in [0.15, 0.2) is 23.2 Å². The van der Waals surface area contributed by atoms with Crippen LogP contribution in [0.5, 0.6) is 0 Å². The number of hydrogen-bond donors (Lipinski definition) is 2. The molecule has 6 nitrogen and oxygen atoms in total. The zero-order valence-corrected chi connectivity index (χ0v) is 8.53. The van der Waals surface area contributed by atoms with Gasteiger partial charge in [-0.1, -0.05) is 17.8 Å². The smallest absolute Gasteiger partial charge is 0.363 e. The topological polar surface area (TPSA) is 97.8 Å². The monoisotopic (exact) mass is 227 g/mol. The predicted octanol–water partition coefficient (Wildman–Crippen LogP) is 0.633. The summed E-state index contributed by atoms with van der Waals surface area (Å²) in [6, 6.07) is 0. The number of ether oxygens (including phenoxy) is 1. The van der Waals surface area contributed by atoms with E-state index < -0.39 is 5.97 Å². The Labute approximate surface area is 89.7 Å². The van der Waals surface area contributed by atoms with E-state index in [0.717, 1.165) is 11.3 Å². The Kier molecular flexibility index (Phi) is 3.81. The lowest BCUT2D eigenvalue weighted by Crippen LogP contribution is -2.19. The minimum atomic E-state index is -0.775. The van der Waals surface area contributed by atoms with Crippen molar-refractivity contribution < 1.29 is 14.7 Å². The number of carbonyl (C=O) groups excluding carboxylic acids is 1. The van der Waals surface area contributed by atoms with E-state index in [1.54, 1.807) is 0 Å². The molecule has 0 aliphatic carbocycles. The highest BCUT2D eigenvalue weighted by atomic mass is 32.1. The minimum absolute atomic E-state index is 0.0392. The van der Waals surface area contributed by atoms with Crippen molar-refractivity contribution in [3.8, 4) is 0 Å². The fraction of sp³-hybridized carbons (Fsp3) is 0.125. The molecule has 1 aromatic heterocycles. The summed E-state index contributed by atoms with van der Waals surface area (Å²) >= 11 is 1.14. The lowest BCUT2D eigenvalue weighted by molar-refractivity contribution is -0.134. The number of thiazole rings is 1. The summed E-state index contributed by atoms with van der Waals surface area (Å²) in [4.78, 5) is 15.1. The van der Waals surface area contributed by atoms with E-state index in [4.69, 9.17) is 10.9 Å². The lowest BCUT2D eigenvalue weighted by Gasteiger charge is -2.00. The molecule has 0 unspecified atom stereocenters. The number of nitrogens with two attached hydrogens (primary N) is 1. The highest BCUT2D eigenvalue weighted by Crippen LogP contribution is 2.12. The molecule has 3 N–H and O–H groups in total. The molecule has 0 amide bonds. The molecule has 0 atom stereocenters. The molecule has 0 saturated carbocycles. The number of anilines is 1.